The topological polar surface area (TPSA) is 55.8 Å². The van der Waals surface area contributed by atoms with Crippen molar-refractivity contribution in [3.63, 3.8) is 0 Å². The zero-order valence-corrected chi connectivity index (χ0v) is 19.7. The molecular formula is C25H33NO4S. The molecule has 1 fully saturated rings. The van der Waals surface area contributed by atoms with Gasteiger partial charge in [-0.05, 0) is 56.7 Å². The van der Waals surface area contributed by atoms with Crippen molar-refractivity contribution >= 4 is 16.9 Å². The molecule has 0 radical (unpaired) electrons. The highest BCUT2D eigenvalue weighted by Crippen LogP contribution is 2.27. The first-order valence-electron chi connectivity index (χ1n) is 11.1. The molecule has 2 aliphatic rings. The van der Waals surface area contributed by atoms with Gasteiger partial charge in [0.2, 0.25) is 0 Å². The summed E-state index contributed by atoms with van der Waals surface area (Å²) >= 11 is 0. The van der Waals surface area contributed by atoms with Gasteiger partial charge in [-0.1, -0.05) is 43.9 Å². The Morgan fingerprint density at radius 1 is 1.16 bits per heavy atom. The van der Waals surface area contributed by atoms with E-state index in [0.717, 1.165) is 48.6 Å². The molecule has 31 heavy (non-hydrogen) atoms. The standard InChI is InChI=1S/C25H33NO4S/c1-18(2)30-25(27)26-15-13-20(14-16-26)17-29-23-9-5-21(6-10-23)22-7-11-24(12-8-22)31(28)19(3)4/h5-6,9-11,18-20,22H,7,13-17H2,1-4H3. The SMILES string of the molecule is CC(C)OC(=O)N1CCC(COc2ccc(C3C#CC(S(=O)C(C)C)=CC3)cc2)CC1. The number of likely N-dealkylation sites (tertiary alicyclic amines) is 1. The summed E-state index contributed by atoms with van der Waals surface area (Å²) < 4.78 is 23.5. The van der Waals surface area contributed by atoms with E-state index in [4.69, 9.17) is 9.47 Å². The average Bonchev–Trinajstić information content (AvgIpc) is 2.77. The first-order valence-corrected chi connectivity index (χ1v) is 12.4. The predicted octanol–water partition coefficient (Wildman–Crippen LogP) is 4.85. The molecule has 2 atom stereocenters. The molecule has 0 saturated carbocycles. The maximum absolute atomic E-state index is 12.2. The molecule has 1 aromatic rings. The Hall–Kier alpha value is -2.26. The van der Waals surface area contributed by atoms with E-state index in [9.17, 15) is 9.00 Å². The van der Waals surface area contributed by atoms with Gasteiger partial charge in [0.1, 0.15) is 5.75 Å². The highest BCUT2D eigenvalue weighted by Gasteiger charge is 2.24. The van der Waals surface area contributed by atoms with Gasteiger partial charge in [0.15, 0.2) is 0 Å². The lowest BCUT2D eigenvalue weighted by Crippen LogP contribution is -2.40. The predicted molar refractivity (Wildman–Crippen MR) is 124 cm³/mol. The van der Waals surface area contributed by atoms with Crippen molar-refractivity contribution in [2.24, 2.45) is 5.92 Å². The summed E-state index contributed by atoms with van der Waals surface area (Å²) in [6, 6.07) is 8.13. The third-order valence-corrected chi connectivity index (χ3v) is 7.09. The van der Waals surface area contributed by atoms with Crippen LogP contribution in [0.4, 0.5) is 4.79 Å². The Bertz CT molecular complexity index is 871. The minimum atomic E-state index is -1.01. The summed E-state index contributed by atoms with van der Waals surface area (Å²) in [5.74, 6) is 7.78. The fourth-order valence-electron chi connectivity index (χ4n) is 3.67. The van der Waals surface area contributed by atoms with Crippen molar-refractivity contribution in [3.05, 3.63) is 40.8 Å². The monoisotopic (exact) mass is 443 g/mol. The van der Waals surface area contributed by atoms with Gasteiger partial charge in [0, 0.05) is 24.3 Å². The van der Waals surface area contributed by atoms with E-state index < -0.39 is 10.8 Å². The van der Waals surface area contributed by atoms with Gasteiger partial charge in [0.25, 0.3) is 0 Å². The van der Waals surface area contributed by atoms with Crippen LogP contribution in [0.15, 0.2) is 35.2 Å². The van der Waals surface area contributed by atoms with E-state index >= 15 is 0 Å². The Morgan fingerprint density at radius 2 is 1.84 bits per heavy atom. The molecule has 1 aliphatic carbocycles. The summed E-state index contributed by atoms with van der Waals surface area (Å²) in [6.07, 6.45) is 4.36. The first kappa shape index (κ1) is 23.4. The van der Waals surface area contributed by atoms with Crippen LogP contribution in [0.25, 0.3) is 0 Å². The third-order valence-electron chi connectivity index (χ3n) is 5.53. The summed E-state index contributed by atoms with van der Waals surface area (Å²) in [7, 11) is -1.01. The zero-order valence-electron chi connectivity index (χ0n) is 18.9. The Kier molecular flexibility index (Phi) is 8.20. The lowest BCUT2D eigenvalue weighted by molar-refractivity contribution is 0.0608. The second-order valence-corrected chi connectivity index (χ2v) is 10.7. The van der Waals surface area contributed by atoms with Crippen LogP contribution in [0, 0.1) is 17.8 Å². The fourth-order valence-corrected chi connectivity index (χ4v) is 4.60. The van der Waals surface area contributed by atoms with Crippen LogP contribution in [0.5, 0.6) is 5.75 Å². The Labute approximate surface area is 188 Å². The number of hydrogen-bond acceptors (Lipinski definition) is 4. The number of carbonyl (C=O) groups is 1. The first-order chi connectivity index (χ1) is 14.8. The molecule has 1 aromatic carbocycles. The summed E-state index contributed by atoms with van der Waals surface area (Å²) in [5, 5.41) is 0.0923. The van der Waals surface area contributed by atoms with Gasteiger partial charge < -0.3 is 14.4 Å². The second kappa shape index (κ2) is 10.9. The van der Waals surface area contributed by atoms with Crippen molar-refractivity contribution in [1.29, 1.82) is 0 Å². The van der Waals surface area contributed by atoms with Crippen LogP contribution < -0.4 is 4.74 Å². The van der Waals surface area contributed by atoms with Crippen LogP contribution in [0.2, 0.25) is 0 Å². The maximum atomic E-state index is 12.2. The molecule has 0 N–H and O–H groups in total. The lowest BCUT2D eigenvalue weighted by Gasteiger charge is -2.31. The number of piperidine rings is 1. The molecule has 0 aromatic heterocycles. The minimum Gasteiger partial charge on any atom is -0.493 e. The van der Waals surface area contributed by atoms with E-state index in [-0.39, 0.29) is 23.4 Å². The van der Waals surface area contributed by atoms with Crippen LogP contribution in [-0.4, -0.2) is 46.3 Å². The molecule has 1 amide bonds. The highest BCUT2D eigenvalue weighted by atomic mass is 32.2. The summed E-state index contributed by atoms with van der Waals surface area (Å²) in [6.45, 7) is 9.73. The average molecular weight is 444 g/mol. The van der Waals surface area contributed by atoms with Crippen molar-refractivity contribution in [2.75, 3.05) is 19.7 Å². The number of hydrogen-bond donors (Lipinski definition) is 0. The van der Waals surface area contributed by atoms with Crippen LogP contribution >= 0.6 is 0 Å². The Morgan fingerprint density at radius 3 is 2.39 bits per heavy atom. The molecule has 0 spiro atoms. The molecule has 5 nitrogen and oxygen atoms in total. The normalized spacial score (nSPS) is 20.1. The minimum absolute atomic E-state index is 0.0850. The molecule has 6 heteroatoms. The van der Waals surface area contributed by atoms with E-state index in [1.54, 1.807) is 4.90 Å². The zero-order chi connectivity index (χ0) is 22.4. The second-order valence-electron chi connectivity index (χ2n) is 8.72. The smallest absolute Gasteiger partial charge is 0.410 e. The van der Waals surface area contributed by atoms with Crippen LogP contribution in [0.1, 0.15) is 58.4 Å². The number of rotatable bonds is 7. The molecular weight excluding hydrogens is 410 g/mol. The summed E-state index contributed by atoms with van der Waals surface area (Å²) in [5.41, 5.74) is 1.16. The molecule has 2 unspecified atom stereocenters. The summed E-state index contributed by atoms with van der Waals surface area (Å²) in [4.78, 5) is 14.5. The van der Waals surface area contributed by atoms with Gasteiger partial charge in [-0.3, -0.25) is 4.21 Å². The number of amides is 1. The van der Waals surface area contributed by atoms with Crippen molar-refractivity contribution in [3.8, 4) is 17.6 Å². The third kappa shape index (κ3) is 6.61. The van der Waals surface area contributed by atoms with E-state index in [1.807, 2.05) is 45.9 Å². The molecule has 0 bridgehead atoms. The van der Waals surface area contributed by atoms with Gasteiger partial charge in [-0.2, -0.15) is 0 Å². The maximum Gasteiger partial charge on any atom is 0.410 e. The number of ether oxygens (including phenoxy) is 2. The van der Waals surface area contributed by atoms with Gasteiger partial charge >= 0.3 is 6.09 Å². The molecule has 1 aliphatic heterocycles. The van der Waals surface area contributed by atoms with E-state index in [1.165, 1.54) is 0 Å². The van der Waals surface area contributed by atoms with Gasteiger partial charge in [-0.15, -0.1) is 0 Å². The fraction of sp³-hybridized carbons (Fsp3) is 0.560. The molecule has 1 heterocycles. The van der Waals surface area contributed by atoms with Crippen molar-refractivity contribution in [2.45, 2.75) is 64.2 Å². The number of nitrogens with zero attached hydrogens (tertiary/aromatic N) is 1. The van der Waals surface area contributed by atoms with E-state index in [0.29, 0.717) is 12.5 Å². The number of allylic oxidation sites excluding steroid dienone is 2. The van der Waals surface area contributed by atoms with Crippen molar-refractivity contribution < 1.29 is 18.5 Å². The molecule has 3 rings (SSSR count). The van der Waals surface area contributed by atoms with Gasteiger partial charge in [0.05, 0.1) is 28.4 Å². The quantitative estimate of drug-likeness (QED) is 0.565. The van der Waals surface area contributed by atoms with Crippen LogP contribution in [-0.2, 0) is 15.5 Å². The number of benzene rings is 1. The van der Waals surface area contributed by atoms with Crippen LogP contribution in [0.3, 0.4) is 0 Å². The lowest BCUT2D eigenvalue weighted by atomic mass is 9.94. The van der Waals surface area contributed by atoms with Gasteiger partial charge in [-0.25, -0.2) is 4.79 Å². The molecule has 168 valence electrons. The highest BCUT2D eigenvalue weighted by molar-refractivity contribution is 7.89. The molecule has 1 saturated heterocycles. The van der Waals surface area contributed by atoms with Crippen molar-refractivity contribution in [1.82, 2.24) is 4.90 Å². The number of carbonyl (C=O) groups excluding carboxylic acids is 1. The largest absolute Gasteiger partial charge is 0.493 e. The Balaban J connectivity index is 1.45. The van der Waals surface area contributed by atoms with E-state index in [2.05, 4.69) is 24.0 Å².